The molecule has 0 saturated carbocycles. The van der Waals surface area contributed by atoms with Crippen LogP contribution >= 0.6 is 34.8 Å². The molecule has 2 amide bonds. The van der Waals surface area contributed by atoms with E-state index in [-0.39, 0.29) is 25.6 Å². The van der Waals surface area contributed by atoms with Gasteiger partial charge in [-0.1, -0.05) is 34.8 Å². The average Bonchev–Trinajstić information content (AvgIpc) is 2.46. The van der Waals surface area contributed by atoms with Crippen LogP contribution in [0, 0.1) is 13.8 Å². The predicted octanol–water partition coefficient (Wildman–Crippen LogP) is 2.37. The zero-order valence-corrected chi connectivity index (χ0v) is 14.5. The van der Waals surface area contributed by atoms with Crippen LogP contribution in [0.25, 0.3) is 0 Å². The van der Waals surface area contributed by atoms with Gasteiger partial charge in [0.1, 0.15) is 5.75 Å². The minimum atomic E-state index is -1.12. The lowest BCUT2D eigenvalue weighted by Crippen LogP contribution is -2.38. The molecular weight excluding hydrogens is 351 g/mol. The summed E-state index contributed by atoms with van der Waals surface area (Å²) in [6.45, 7) is 4.10. The minimum Gasteiger partial charge on any atom is -0.484 e. The summed E-state index contributed by atoms with van der Waals surface area (Å²) in [5.41, 5.74) is 1.77. The number of halogens is 3. The van der Waals surface area contributed by atoms with Gasteiger partial charge in [-0.05, 0) is 37.1 Å². The molecule has 122 valence electrons. The molecule has 0 aliphatic carbocycles. The van der Waals surface area contributed by atoms with E-state index in [1.807, 2.05) is 13.8 Å². The predicted molar refractivity (Wildman–Crippen MR) is 87.9 cm³/mol. The lowest BCUT2D eigenvalue weighted by molar-refractivity contribution is -0.123. The summed E-state index contributed by atoms with van der Waals surface area (Å²) in [5, 5.41) is 5.74. The van der Waals surface area contributed by atoms with Crippen LogP contribution in [0.2, 0.25) is 5.02 Å². The molecule has 1 aromatic carbocycles. The largest absolute Gasteiger partial charge is 0.484 e. The van der Waals surface area contributed by atoms with E-state index in [1.54, 1.807) is 12.1 Å². The second-order valence-corrected chi connectivity index (χ2v) is 6.08. The van der Waals surface area contributed by atoms with E-state index in [0.717, 1.165) is 11.1 Å². The molecule has 22 heavy (non-hydrogen) atoms. The third kappa shape index (κ3) is 6.30. The number of amides is 2. The van der Waals surface area contributed by atoms with Crippen LogP contribution in [0.15, 0.2) is 12.1 Å². The maximum absolute atomic E-state index is 11.6. The van der Waals surface area contributed by atoms with Crippen LogP contribution in [0.4, 0.5) is 0 Å². The van der Waals surface area contributed by atoms with Gasteiger partial charge in [0.25, 0.3) is 11.8 Å². The molecule has 0 heterocycles. The third-order valence-corrected chi connectivity index (χ3v) is 3.72. The monoisotopic (exact) mass is 366 g/mol. The number of carbonyl (C=O) groups is 2. The Morgan fingerprint density at radius 2 is 1.68 bits per heavy atom. The third-order valence-electron chi connectivity index (χ3n) is 2.72. The summed E-state index contributed by atoms with van der Waals surface area (Å²) in [5.74, 6) is -0.219. The molecule has 5 nitrogen and oxygen atoms in total. The summed E-state index contributed by atoms with van der Waals surface area (Å²) < 4.78 is 5.40. The lowest BCUT2D eigenvalue weighted by atomic mass is 10.1. The number of rotatable bonds is 7. The molecule has 0 bridgehead atoms. The Morgan fingerprint density at radius 1 is 1.14 bits per heavy atom. The molecule has 0 aliphatic heterocycles. The molecule has 0 unspecified atom stereocenters. The first-order chi connectivity index (χ1) is 10.3. The highest BCUT2D eigenvalue weighted by Crippen LogP contribution is 2.25. The zero-order valence-electron chi connectivity index (χ0n) is 12.2. The number of benzene rings is 1. The second-order valence-electron chi connectivity index (χ2n) is 4.60. The van der Waals surface area contributed by atoms with Crippen molar-refractivity contribution in [2.45, 2.75) is 18.7 Å². The minimum absolute atomic E-state index is 0.123. The molecule has 2 N–H and O–H groups in total. The van der Waals surface area contributed by atoms with Gasteiger partial charge in [-0.15, -0.1) is 0 Å². The molecule has 0 spiro atoms. The van der Waals surface area contributed by atoms with Crippen molar-refractivity contribution < 1.29 is 14.3 Å². The topological polar surface area (TPSA) is 67.4 Å². The number of carbonyl (C=O) groups excluding carboxylic acids is 2. The number of nitrogens with one attached hydrogen (secondary N) is 2. The van der Waals surface area contributed by atoms with Gasteiger partial charge in [0, 0.05) is 18.1 Å². The first kappa shape index (κ1) is 18.9. The summed E-state index contributed by atoms with van der Waals surface area (Å²) in [6.07, 6.45) is 0. The van der Waals surface area contributed by atoms with E-state index < -0.39 is 10.7 Å². The number of ether oxygens (including phenoxy) is 1. The van der Waals surface area contributed by atoms with E-state index in [1.165, 1.54) is 0 Å². The van der Waals surface area contributed by atoms with Gasteiger partial charge in [0.05, 0.1) is 0 Å². The highest BCUT2D eigenvalue weighted by molar-refractivity contribution is 6.53. The molecule has 8 heteroatoms. The van der Waals surface area contributed by atoms with E-state index in [4.69, 9.17) is 39.5 Å². The van der Waals surface area contributed by atoms with Crippen molar-refractivity contribution in [1.29, 1.82) is 0 Å². The molecule has 0 atom stereocenters. The van der Waals surface area contributed by atoms with Crippen LogP contribution in [-0.2, 0) is 9.59 Å². The summed E-state index contributed by atoms with van der Waals surface area (Å²) in [7, 11) is 0. The van der Waals surface area contributed by atoms with Gasteiger partial charge < -0.3 is 15.4 Å². The maximum atomic E-state index is 11.6. The van der Waals surface area contributed by atoms with Gasteiger partial charge in [0.15, 0.2) is 11.4 Å². The first-order valence-corrected chi connectivity index (χ1v) is 7.78. The Balaban J connectivity index is 2.30. The van der Waals surface area contributed by atoms with Crippen molar-refractivity contribution in [3.63, 3.8) is 0 Å². The van der Waals surface area contributed by atoms with E-state index in [2.05, 4.69) is 10.6 Å². The lowest BCUT2D eigenvalue weighted by Gasteiger charge is -2.10. The number of aryl methyl sites for hydroxylation is 2. The fourth-order valence-electron chi connectivity index (χ4n) is 1.65. The van der Waals surface area contributed by atoms with Gasteiger partial charge in [-0.3, -0.25) is 9.59 Å². The smallest absolute Gasteiger partial charge is 0.258 e. The number of alkyl halides is 2. The normalized spacial score (nSPS) is 10.5. The standard InChI is InChI=1S/C14H17Cl3N2O3/c1-8-5-10(6-9(2)12(8)15)22-7-11(20)18-3-4-19-14(21)13(16)17/h5-6,13H,3-4,7H2,1-2H3,(H,18,20)(H,19,21). The Kier molecular flexibility index (Phi) is 7.79. The number of hydrogen-bond acceptors (Lipinski definition) is 3. The average molecular weight is 368 g/mol. The Labute approximate surface area is 144 Å². The van der Waals surface area contributed by atoms with Gasteiger partial charge in [0.2, 0.25) is 0 Å². The van der Waals surface area contributed by atoms with Gasteiger partial charge in [-0.25, -0.2) is 0 Å². The number of hydrogen-bond donors (Lipinski definition) is 2. The fraction of sp³-hybridized carbons (Fsp3) is 0.429. The van der Waals surface area contributed by atoms with E-state index in [9.17, 15) is 9.59 Å². The molecule has 0 aromatic heterocycles. The quantitative estimate of drug-likeness (QED) is 0.574. The molecule has 0 aliphatic rings. The molecular formula is C14H17Cl3N2O3. The highest BCUT2D eigenvalue weighted by atomic mass is 35.5. The van der Waals surface area contributed by atoms with Crippen LogP contribution < -0.4 is 15.4 Å². The second kappa shape index (κ2) is 9.08. The first-order valence-electron chi connectivity index (χ1n) is 6.53. The summed E-state index contributed by atoms with van der Waals surface area (Å²) in [6, 6.07) is 3.54. The molecule has 1 rings (SSSR count). The van der Waals surface area contributed by atoms with Crippen molar-refractivity contribution in [3.8, 4) is 5.75 Å². The Bertz CT molecular complexity index is 527. The zero-order chi connectivity index (χ0) is 16.7. The molecule has 1 aromatic rings. The SMILES string of the molecule is Cc1cc(OCC(=O)NCCNC(=O)C(Cl)Cl)cc(C)c1Cl. The van der Waals surface area contributed by atoms with Crippen LogP contribution in [0.5, 0.6) is 5.75 Å². The highest BCUT2D eigenvalue weighted by Gasteiger charge is 2.10. The van der Waals surface area contributed by atoms with E-state index in [0.29, 0.717) is 10.8 Å². The van der Waals surface area contributed by atoms with Gasteiger partial charge >= 0.3 is 0 Å². The molecule has 0 fully saturated rings. The summed E-state index contributed by atoms with van der Waals surface area (Å²) in [4.78, 5) is 21.6. The van der Waals surface area contributed by atoms with Crippen LogP contribution in [0.1, 0.15) is 11.1 Å². The van der Waals surface area contributed by atoms with Crippen molar-refractivity contribution in [1.82, 2.24) is 10.6 Å². The van der Waals surface area contributed by atoms with E-state index >= 15 is 0 Å². The van der Waals surface area contributed by atoms with Crippen molar-refractivity contribution in [2.24, 2.45) is 0 Å². The Hall–Kier alpha value is -1.17. The van der Waals surface area contributed by atoms with Crippen molar-refractivity contribution in [2.75, 3.05) is 19.7 Å². The van der Waals surface area contributed by atoms with Crippen molar-refractivity contribution >= 4 is 46.6 Å². The Morgan fingerprint density at radius 3 is 2.23 bits per heavy atom. The van der Waals surface area contributed by atoms with Crippen molar-refractivity contribution in [3.05, 3.63) is 28.3 Å². The molecule has 0 radical (unpaired) electrons. The van der Waals surface area contributed by atoms with Gasteiger partial charge in [-0.2, -0.15) is 0 Å². The van der Waals surface area contributed by atoms with Crippen LogP contribution in [0.3, 0.4) is 0 Å². The molecule has 0 saturated heterocycles. The summed E-state index contributed by atoms with van der Waals surface area (Å²) >= 11 is 16.8. The van der Waals surface area contributed by atoms with Crippen LogP contribution in [-0.4, -0.2) is 36.3 Å². The fourth-order valence-corrected chi connectivity index (χ4v) is 1.92. The maximum Gasteiger partial charge on any atom is 0.258 e.